The van der Waals surface area contributed by atoms with Crippen LogP contribution in [0.3, 0.4) is 0 Å². The lowest BCUT2D eigenvalue weighted by Crippen LogP contribution is -2.41. The van der Waals surface area contributed by atoms with Crippen LogP contribution in [-0.2, 0) is 9.84 Å². The van der Waals surface area contributed by atoms with Crippen molar-refractivity contribution in [3.8, 4) is 0 Å². The van der Waals surface area contributed by atoms with Gasteiger partial charge in [-0.2, -0.15) is 0 Å². The van der Waals surface area contributed by atoms with Crippen LogP contribution < -0.4 is 21.3 Å². The van der Waals surface area contributed by atoms with Crippen LogP contribution in [0.1, 0.15) is 18.4 Å². The molecule has 3 atom stereocenters. The second-order valence-corrected chi connectivity index (χ2v) is 11.1. The average molecular weight is 495 g/mol. The first-order valence-corrected chi connectivity index (χ1v) is 13.5. The summed E-state index contributed by atoms with van der Waals surface area (Å²) < 4.78 is 27.5. The zero-order chi connectivity index (χ0) is 25.5. The van der Waals surface area contributed by atoms with E-state index in [4.69, 9.17) is 0 Å². The molecule has 0 heterocycles. The highest BCUT2D eigenvalue weighted by atomic mass is 32.2. The normalized spacial score (nSPS) is 25.5. The zero-order valence-electron chi connectivity index (χ0n) is 21.3. The zero-order valence-corrected chi connectivity index (χ0v) is 22.1. The Labute approximate surface area is 210 Å². The van der Waals surface area contributed by atoms with Crippen LogP contribution in [0.4, 0.5) is 0 Å². The van der Waals surface area contributed by atoms with E-state index in [1.165, 1.54) is 0 Å². The fraction of sp³-hybridized carbons (Fsp3) is 0.357. The average Bonchev–Trinajstić information content (AvgIpc) is 2.89. The highest BCUT2D eigenvalue weighted by Crippen LogP contribution is 2.27. The Hall–Kier alpha value is -2.87. The van der Waals surface area contributed by atoms with Crippen molar-refractivity contribution in [2.45, 2.75) is 41.0 Å². The Morgan fingerprint density at radius 1 is 0.800 bits per heavy atom. The van der Waals surface area contributed by atoms with Crippen molar-refractivity contribution in [3.63, 3.8) is 0 Å². The lowest BCUT2D eigenvalue weighted by molar-refractivity contribution is 0.530. The summed E-state index contributed by atoms with van der Waals surface area (Å²) in [7, 11) is 3.90. The summed E-state index contributed by atoms with van der Waals surface area (Å²) in [6.07, 6.45) is 21.3. The third-order valence-electron chi connectivity index (χ3n) is 6.82. The molecule has 0 radical (unpaired) electrons. The Kier molecular flexibility index (Phi) is 8.59. The first-order chi connectivity index (χ1) is 16.7. The first kappa shape index (κ1) is 26.7. The van der Waals surface area contributed by atoms with E-state index in [1.807, 2.05) is 71.6 Å². The fourth-order valence-electron chi connectivity index (χ4n) is 4.15. The van der Waals surface area contributed by atoms with Gasteiger partial charge < -0.3 is 21.3 Å². The van der Waals surface area contributed by atoms with Gasteiger partial charge in [-0.1, -0.05) is 66.3 Å². The van der Waals surface area contributed by atoms with Crippen molar-refractivity contribution in [2.24, 2.45) is 0 Å². The number of hydrogen-bond donors (Lipinski definition) is 4. The molecule has 2 aliphatic carbocycles. The van der Waals surface area contributed by atoms with Gasteiger partial charge in [0.15, 0.2) is 9.84 Å². The number of rotatable bonds is 10. The summed E-state index contributed by atoms with van der Waals surface area (Å²) in [4.78, 5) is 0.313. The molecular formula is C28H38N4O2S. The Morgan fingerprint density at radius 3 is 1.60 bits per heavy atom. The smallest absolute Gasteiger partial charge is 0.188 e. The third kappa shape index (κ3) is 6.23. The van der Waals surface area contributed by atoms with Crippen molar-refractivity contribution in [2.75, 3.05) is 28.2 Å². The lowest BCUT2D eigenvalue weighted by atomic mass is 9.88. The van der Waals surface area contributed by atoms with Crippen molar-refractivity contribution in [1.29, 1.82) is 0 Å². The van der Waals surface area contributed by atoms with Gasteiger partial charge in [0.25, 0.3) is 0 Å². The van der Waals surface area contributed by atoms with E-state index in [1.54, 1.807) is 24.3 Å². The number of benzene rings is 1. The summed E-state index contributed by atoms with van der Waals surface area (Å²) in [5, 5.41) is 12.2. The number of nitrogens with one attached hydrogen (secondary N) is 4. The molecule has 0 spiro atoms. The molecule has 4 N–H and O–H groups in total. The van der Waals surface area contributed by atoms with Crippen LogP contribution in [0, 0.1) is 6.92 Å². The maximum absolute atomic E-state index is 13.7. The molecule has 2 aliphatic rings. The van der Waals surface area contributed by atoms with Gasteiger partial charge in [0.1, 0.15) is 5.25 Å². The number of likely N-dealkylation sites (N-methyl/N-ethyl adjacent to an activating group) is 4. The number of hydrogen-bond acceptors (Lipinski definition) is 6. The minimum Gasteiger partial charge on any atom is -0.388 e. The molecule has 0 aromatic heterocycles. The Morgan fingerprint density at radius 2 is 1.26 bits per heavy atom. The van der Waals surface area contributed by atoms with Gasteiger partial charge in [-0.3, -0.25) is 0 Å². The molecule has 0 aliphatic heterocycles. The van der Waals surface area contributed by atoms with Gasteiger partial charge in [-0.25, -0.2) is 8.42 Å². The highest BCUT2D eigenvalue weighted by Gasteiger charge is 2.29. The molecule has 1 unspecified atom stereocenters. The first-order valence-electron chi connectivity index (χ1n) is 11.9. The SMILES string of the molecule is CNC1=CC[C@](/C=C\C(/C=C/[C@]2(NC)C=CC(NC)=CC2)S(=O)(=O)c2ccc(C)cc2)(NC)C=C1. The van der Waals surface area contributed by atoms with Gasteiger partial charge in [-0.15, -0.1) is 0 Å². The molecule has 0 saturated carbocycles. The molecule has 35 heavy (non-hydrogen) atoms. The molecule has 0 fully saturated rings. The highest BCUT2D eigenvalue weighted by molar-refractivity contribution is 7.92. The Balaban J connectivity index is 1.99. The standard InChI is InChI=1S/C28H38N4O2S/c1-22-6-8-25(9-7-22)35(33,34)26(14-20-27(31-4)16-10-23(29-2)11-17-27)15-21-28(32-5)18-12-24(30-3)13-19-28/h6-16,18,20-21,26,29-32H,17,19H2,1-5H3/b20-14-,21-15+/t26?,27-,28+/m1/s1. The van der Waals surface area contributed by atoms with E-state index < -0.39 is 26.2 Å². The van der Waals surface area contributed by atoms with E-state index in [0.29, 0.717) is 17.7 Å². The van der Waals surface area contributed by atoms with E-state index in [-0.39, 0.29) is 0 Å². The predicted molar refractivity (Wildman–Crippen MR) is 146 cm³/mol. The van der Waals surface area contributed by atoms with Crippen molar-refractivity contribution in [1.82, 2.24) is 21.3 Å². The van der Waals surface area contributed by atoms with Gasteiger partial charge in [0.05, 0.1) is 16.0 Å². The van der Waals surface area contributed by atoms with Crippen LogP contribution in [-0.4, -0.2) is 52.9 Å². The maximum Gasteiger partial charge on any atom is 0.188 e. The number of allylic oxidation sites excluding steroid dienone is 2. The summed E-state index contributed by atoms with van der Waals surface area (Å²) >= 11 is 0. The van der Waals surface area contributed by atoms with E-state index in [9.17, 15) is 8.42 Å². The van der Waals surface area contributed by atoms with E-state index in [0.717, 1.165) is 17.0 Å². The molecule has 1 aromatic carbocycles. The van der Waals surface area contributed by atoms with Crippen LogP contribution in [0.2, 0.25) is 0 Å². The van der Waals surface area contributed by atoms with Crippen LogP contribution in [0.15, 0.2) is 101 Å². The minimum atomic E-state index is -3.65. The largest absolute Gasteiger partial charge is 0.388 e. The Bertz CT molecular complexity index is 1120. The minimum absolute atomic E-state index is 0.313. The summed E-state index contributed by atoms with van der Waals surface area (Å²) in [6, 6.07) is 7.05. The van der Waals surface area contributed by atoms with Crippen LogP contribution in [0.25, 0.3) is 0 Å². The molecular weight excluding hydrogens is 456 g/mol. The second-order valence-electron chi connectivity index (χ2n) is 9.02. The summed E-state index contributed by atoms with van der Waals surface area (Å²) in [5.41, 5.74) is 2.20. The maximum atomic E-state index is 13.7. The molecule has 0 bridgehead atoms. The number of aryl methyl sites for hydroxylation is 1. The van der Waals surface area contributed by atoms with Gasteiger partial charge in [-0.05, 0) is 58.1 Å². The molecule has 0 saturated heterocycles. The van der Waals surface area contributed by atoms with E-state index >= 15 is 0 Å². The summed E-state index contributed by atoms with van der Waals surface area (Å²) in [5.74, 6) is 0. The molecule has 3 rings (SSSR count). The van der Waals surface area contributed by atoms with E-state index in [2.05, 4.69) is 45.6 Å². The van der Waals surface area contributed by atoms with Gasteiger partial charge in [0.2, 0.25) is 0 Å². The third-order valence-corrected chi connectivity index (χ3v) is 8.78. The lowest BCUT2D eigenvalue weighted by Gasteiger charge is -2.30. The molecule has 6 nitrogen and oxygen atoms in total. The molecule has 188 valence electrons. The van der Waals surface area contributed by atoms with Crippen molar-refractivity contribution >= 4 is 9.84 Å². The predicted octanol–water partition coefficient (Wildman–Crippen LogP) is 3.29. The molecule has 0 amide bonds. The topological polar surface area (TPSA) is 82.3 Å². The van der Waals surface area contributed by atoms with Crippen LogP contribution >= 0.6 is 0 Å². The second kappa shape index (κ2) is 11.2. The van der Waals surface area contributed by atoms with Crippen molar-refractivity contribution in [3.05, 3.63) is 102 Å². The molecule has 1 aromatic rings. The quantitative estimate of drug-likeness (QED) is 0.374. The van der Waals surface area contributed by atoms with Crippen LogP contribution in [0.5, 0.6) is 0 Å². The fourth-order valence-corrected chi connectivity index (χ4v) is 5.55. The van der Waals surface area contributed by atoms with Gasteiger partial charge >= 0.3 is 0 Å². The summed E-state index contributed by atoms with van der Waals surface area (Å²) in [6.45, 7) is 1.95. The monoisotopic (exact) mass is 494 g/mol. The molecule has 7 heteroatoms. The van der Waals surface area contributed by atoms with Crippen molar-refractivity contribution < 1.29 is 8.42 Å². The van der Waals surface area contributed by atoms with Gasteiger partial charge in [0, 0.05) is 25.5 Å². The number of sulfone groups is 1.